The van der Waals surface area contributed by atoms with Crippen LogP contribution in [-0.2, 0) is 16.0 Å². The monoisotopic (exact) mass is 396 g/mol. The average molecular weight is 396 g/mol. The predicted octanol–water partition coefficient (Wildman–Crippen LogP) is 2.63. The van der Waals surface area contributed by atoms with Crippen molar-refractivity contribution >= 4 is 11.8 Å². The topological polar surface area (TPSA) is 76.5 Å². The molecule has 1 aliphatic carbocycles. The van der Waals surface area contributed by atoms with E-state index in [1.807, 2.05) is 35.1 Å². The van der Waals surface area contributed by atoms with Crippen molar-refractivity contribution in [1.82, 2.24) is 20.0 Å². The molecule has 0 spiro atoms. The summed E-state index contributed by atoms with van der Waals surface area (Å²) in [5.74, 6) is 0.764. The first-order chi connectivity index (χ1) is 13.9. The standard InChI is InChI=1S/C22H28N4O3/c1-22(2)11-18(24-20(27)14-25-10-4-5-21(25)28)17-13-23-26(19(17)12-22)15-6-8-16(29-3)9-7-15/h6-9,13,18H,4-5,10-12,14H2,1-3H3,(H,24,27)/t18-/m0/s1. The first-order valence-corrected chi connectivity index (χ1v) is 10.1. The number of carbonyl (C=O) groups excluding carboxylic acids is 2. The predicted molar refractivity (Wildman–Crippen MR) is 109 cm³/mol. The molecule has 1 aromatic heterocycles. The van der Waals surface area contributed by atoms with E-state index in [0.717, 1.165) is 42.0 Å². The number of aromatic nitrogens is 2. The van der Waals surface area contributed by atoms with Gasteiger partial charge >= 0.3 is 0 Å². The number of nitrogens with one attached hydrogen (secondary N) is 1. The number of benzene rings is 1. The Hall–Kier alpha value is -2.83. The van der Waals surface area contributed by atoms with Crippen molar-refractivity contribution in [3.63, 3.8) is 0 Å². The van der Waals surface area contributed by atoms with Gasteiger partial charge in [0, 0.05) is 18.5 Å². The Morgan fingerprint density at radius 3 is 2.72 bits per heavy atom. The molecule has 0 saturated carbocycles. The van der Waals surface area contributed by atoms with E-state index in [9.17, 15) is 9.59 Å². The number of ether oxygens (including phenoxy) is 1. The lowest BCUT2D eigenvalue weighted by molar-refractivity contribution is -0.133. The van der Waals surface area contributed by atoms with Crippen LogP contribution in [0.15, 0.2) is 30.5 Å². The zero-order valence-electron chi connectivity index (χ0n) is 17.3. The molecule has 1 fully saturated rings. The smallest absolute Gasteiger partial charge is 0.240 e. The molecule has 0 radical (unpaired) electrons. The van der Waals surface area contributed by atoms with Gasteiger partial charge in [-0.05, 0) is 48.9 Å². The van der Waals surface area contributed by atoms with E-state index in [4.69, 9.17) is 4.74 Å². The van der Waals surface area contributed by atoms with Gasteiger partial charge in [-0.15, -0.1) is 0 Å². The summed E-state index contributed by atoms with van der Waals surface area (Å²) >= 11 is 0. The number of hydrogen-bond acceptors (Lipinski definition) is 4. The van der Waals surface area contributed by atoms with Gasteiger partial charge < -0.3 is 15.0 Å². The largest absolute Gasteiger partial charge is 0.497 e. The van der Waals surface area contributed by atoms with Gasteiger partial charge in [0.25, 0.3) is 0 Å². The van der Waals surface area contributed by atoms with Crippen LogP contribution in [0.4, 0.5) is 0 Å². The third-order valence-electron chi connectivity index (χ3n) is 5.84. The summed E-state index contributed by atoms with van der Waals surface area (Å²) in [4.78, 5) is 26.1. The lowest BCUT2D eigenvalue weighted by Crippen LogP contribution is -2.42. The second-order valence-corrected chi connectivity index (χ2v) is 8.74. The van der Waals surface area contributed by atoms with Crippen molar-refractivity contribution in [3.8, 4) is 11.4 Å². The maximum Gasteiger partial charge on any atom is 0.240 e. The van der Waals surface area contributed by atoms with E-state index in [1.165, 1.54) is 0 Å². The molecule has 1 saturated heterocycles. The maximum atomic E-state index is 12.6. The second-order valence-electron chi connectivity index (χ2n) is 8.74. The molecule has 2 amide bonds. The van der Waals surface area contributed by atoms with Crippen LogP contribution in [0.5, 0.6) is 5.75 Å². The van der Waals surface area contributed by atoms with Gasteiger partial charge in [0.2, 0.25) is 11.8 Å². The number of methoxy groups -OCH3 is 1. The van der Waals surface area contributed by atoms with Crippen LogP contribution < -0.4 is 10.1 Å². The van der Waals surface area contributed by atoms with Gasteiger partial charge in [-0.1, -0.05) is 13.8 Å². The fourth-order valence-electron chi connectivity index (χ4n) is 4.40. The summed E-state index contributed by atoms with van der Waals surface area (Å²) in [5.41, 5.74) is 3.17. The fraction of sp³-hybridized carbons (Fsp3) is 0.500. The average Bonchev–Trinajstić information content (AvgIpc) is 3.27. The molecule has 154 valence electrons. The van der Waals surface area contributed by atoms with Crippen LogP contribution >= 0.6 is 0 Å². The van der Waals surface area contributed by atoms with Crippen molar-refractivity contribution in [2.24, 2.45) is 5.41 Å². The third kappa shape index (κ3) is 3.99. The van der Waals surface area contributed by atoms with E-state index < -0.39 is 0 Å². The van der Waals surface area contributed by atoms with Gasteiger partial charge in [-0.25, -0.2) is 4.68 Å². The van der Waals surface area contributed by atoms with E-state index in [1.54, 1.807) is 12.0 Å². The van der Waals surface area contributed by atoms with E-state index in [2.05, 4.69) is 24.3 Å². The molecule has 29 heavy (non-hydrogen) atoms. The summed E-state index contributed by atoms with van der Waals surface area (Å²) in [7, 11) is 1.65. The quantitative estimate of drug-likeness (QED) is 0.843. The lowest BCUT2D eigenvalue weighted by atomic mass is 9.74. The first-order valence-electron chi connectivity index (χ1n) is 10.1. The number of hydrogen-bond donors (Lipinski definition) is 1. The van der Waals surface area contributed by atoms with Crippen molar-refractivity contribution in [1.29, 1.82) is 0 Å². The summed E-state index contributed by atoms with van der Waals surface area (Å²) in [5, 5.41) is 7.78. The van der Waals surface area contributed by atoms with Crippen molar-refractivity contribution < 1.29 is 14.3 Å². The molecule has 1 aromatic carbocycles. The normalized spacial score (nSPS) is 20.4. The summed E-state index contributed by atoms with van der Waals surface area (Å²) in [6.07, 6.45) is 4.96. The highest BCUT2D eigenvalue weighted by molar-refractivity contribution is 5.86. The molecule has 4 rings (SSSR count). The molecule has 2 aromatic rings. The van der Waals surface area contributed by atoms with Crippen LogP contribution in [0.3, 0.4) is 0 Å². The zero-order valence-corrected chi connectivity index (χ0v) is 17.3. The lowest BCUT2D eigenvalue weighted by Gasteiger charge is -2.36. The minimum atomic E-state index is -0.106. The Balaban J connectivity index is 1.57. The number of fused-ring (bicyclic) bond motifs is 1. The molecule has 1 aliphatic heterocycles. The van der Waals surface area contributed by atoms with Crippen molar-refractivity contribution in [2.75, 3.05) is 20.2 Å². The summed E-state index contributed by atoms with van der Waals surface area (Å²) in [6, 6.07) is 7.71. The molecule has 7 heteroatoms. The molecular formula is C22H28N4O3. The zero-order chi connectivity index (χ0) is 20.6. The third-order valence-corrected chi connectivity index (χ3v) is 5.84. The molecule has 1 N–H and O–H groups in total. The minimum Gasteiger partial charge on any atom is -0.497 e. The van der Waals surface area contributed by atoms with Gasteiger partial charge in [-0.3, -0.25) is 9.59 Å². The highest BCUT2D eigenvalue weighted by atomic mass is 16.5. The minimum absolute atomic E-state index is 0.0265. The van der Waals surface area contributed by atoms with E-state index in [0.29, 0.717) is 13.0 Å². The summed E-state index contributed by atoms with van der Waals surface area (Å²) < 4.78 is 7.21. The molecule has 2 aliphatic rings. The van der Waals surface area contributed by atoms with E-state index >= 15 is 0 Å². The fourth-order valence-corrected chi connectivity index (χ4v) is 4.40. The first kappa shape index (κ1) is 19.5. The number of rotatable bonds is 5. The van der Waals surface area contributed by atoms with E-state index in [-0.39, 0.29) is 29.8 Å². The molecular weight excluding hydrogens is 368 g/mol. The van der Waals surface area contributed by atoms with Gasteiger partial charge in [0.1, 0.15) is 5.75 Å². The molecule has 0 bridgehead atoms. The van der Waals surface area contributed by atoms with Crippen LogP contribution in [0.2, 0.25) is 0 Å². The van der Waals surface area contributed by atoms with Crippen molar-refractivity contribution in [2.45, 2.75) is 45.6 Å². The van der Waals surface area contributed by atoms with Crippen LogP contribution in [0, 0.1) is 5.41 Å². The molecule has 7 nitrogen and oxygen atoms in total. The highest BCUT2D eigenvalue weighted by Gasteiger charge is 2.36. The van der Waals surface area contributed by atoms with Crippen molar-refractivity contribution in [3.05, 3.63) is 41.7 Å². The molecule has 0 unspecified atom stereocenters. The van der Waals surface area contributed by atoms with Gasteiger partial charge in [0.15, 0.2) is 0 Å². The number of nitrogens with zero attached hydrogens (tertiary/aromatic N) is 3. The number of amides is 2. The van der Waals surface area contributed by atoms with Gasteiger partial charge in [0.05, 0.1) is 37.3 Å². The van der Waals surface area contributed by atoms with Crippen LogP contribution in [0.25, 0.3) is 5.69 Å². The Bertz CT molecular complexity index is 917. The Kier molecular flexibility index (Phi) is 5.06. The highest BCUT2D eigenvalue weighted by Crippen LogP contribution is 2.41. The Labute approximate surface area is 171 Å². The molecule has 1 atom stereocenters. The number of likely N-dealkylation sites (tertiary alicyclic amines) is 1. The Morgan fingerprint density at radius 2 is 2.07 bits per heavy atom. The second kappa shape index (κ2) is 7.54. The maximum absolute atomic E-state index is 12.6. The SMILES string of the molecule is COc1ccc(-n2ncc3c2CC(C)(C)C[C@@H]3NC(=O)CN2CCCC2=O)cc1. The van der Waals surface area contributed by atoms with Crippen LogP contribution in [0.1, 0.15) is 50.4 Å². The summed E-state index contributed by atoms with van der Waals surface area (Å²) in [6.45, 7) is 5.23. The molecule has 2 heterocycles. The van der Waals surface area contributed by atoms with Gasteiger partial charge in [-0.2, -0.15) is 5.10 Å². The Morgan fingerprint density at radius 1 is 1.31 bits per heavy atom. The van der Waals surface area contributed by atoms with Crippen LogP contribution in [-0.4, -0.2) is 46.7 Å². The number of carbonyl (C=O) groups is 2.